The van der Waals surface area contributed by atoms with Crippen molar-refractivity contribution in [3.05, 3.63) is 30.1 Å². The van der Waals surface area contributed by atoms with Crippen molar-refractivity contribution in [2.45, 2.75) is 26.7 Å². The van der Waals surface area contributed by atoms with E-state index in [-0.39, 0.29) is 12.5 Å². The number of aliphatic hydroxyl groups excluding tert-OH is 1. The standard InChI is InChI=1S/C8H11NO.C2H6.CH3I/c1-7(6-10)8-3-2-4-9-5-8;2*1-2/h2-5,7,10H,6H2,1H3;1-2H3;1H3. The molecule has 0 aromatic carbocycles. The maximum absolute atomic E-state index is 8.76. The summed E-state index contributed by atoms with van der Waals surface area (Å²) in [6.45, 7) is 6.16. The van der Waals surface area contributed by atoms with E-state index in [1.807, 2.05) is 37.8 Å². The Labute approximate surface area is 101 Å². The second kappa shape index (κ2) is 12.8. The number of pyridine rings is 1. The summed E-state index contributed by atoms with van der Waals surface area (Å²) < 4.78 is 0. The number of halogens is 1. The Kier molecular flexibility index (Phi) is 14.9. The van der Waals surface area contributed by atoms with Crippen LogP contribution in [0.5, 0.6) is 0 Å². The summed E-state index contributed by atoms with van der Waals surface area (Å²) in [6, 6.07) is 3.84. The molecule has 0 bridgehead atoms. The van der Waals surface area contributed by atoms with Crippen LogP contribution in [0.15, 0.2) is 24.5 Å². The molecule has 1 aromatic heterocycles. The highest BCUT2D eigenvalue weighted by atomic mass is 127. The second-order valence-electron chi connectivity index (χ2n) is 2.37. The first-order valence-electron chi connectivity index (χ1n) is 4.73. The number of nitrogens with zero attached hydrogens (tertiary/aromatic N) is 1. The summed E-state index contributed by atoms with van der Waals surface area (Å²) in [6.07, 6.45) is 3.51. The van der Waals surface area contributed by atoms with Crippen molar-refractivity contribution in [3.63, 3.8) is 0 Å². The zero-order chi connectivity index (χ0) is 11.4. The minimum Gasteiger partial charge on any atom is -0.396 e. The maximum Gasteiger partial charge on any atom is 0.0497 e. The summed E-state index contributed by atoms with van der Waals surface area (Å²) in [5.41, 5.74) is 1.09. The Morgan fingerprint density at radius 1 is 1.43 bits per heavy atom. The molecule has 0 fully saturated rings. The van der Waals surface area contributed by atoms with Gasteiger partial charge in [0.2, 0.25) is 0 Å². The Balaban J connectivity index is 0. The van der Waals surface area contributed by atoms with E-state index in [2.05, 4.69) is 27.6 Å². The normalized spacial score (nSPS) is 10.1. The summed E-state index contributed by atoms with van der Waals surface area (Å²) in [7, 11) is 0. The summed E-state index contributed by atoms with van der Waals surface area (Å²) in [5.74, 6) is 0.202. The third kappa shape index (κ3) is 7.26. The van der Waals surface area contributed by atoms with E-state index in [1.165, 1.54) is 0 Å². The smallest absolute Gasteiger partial charge is 0.0497 e. The van der Waals surface area contributed by atoms with Crippen LogP contribution in [0, 0.1) is 0 Å². The summed E-state index contributed by atoms with van der Waals surface area (Å²) >= 11 is 2.15. The van der Waals surface area contributed by atoms with Crippen LogP contribution in [0.2, 0.25) is 0 Å². The molecular weight excluding hydrogens is 289 g/mol. The van der Waals surface area contributed by atoms with Crippen LogP contribution in [0.25, 0.3) is 0 Å². The fourth-order valence-electron chi connectivity index (χ4n) is 0.773. The Bertz CT molecular complexity index is 192. The predicted octanol–water partition coefficient (Wildman–Crippen LogP) is 3.25. The number of rotatable bonds is 2. The van der Waals surface area contributed by atoms with Crippen LogP contribution in [-0.4, -0.2) is 21.6 Å². The van der Waals surface area contributed by atoms with Gasteiger partial charge in [0.1, 0.15) is 0 Å². The van der Waals surface area contributed by atoms with Gasteiger partial charge in [0.15, 0.2) is 0 Å². The van der Waals surface area contributed by atoms with Crippen LogP contribution >= 0.6 is 22.6 Å². The molecule has 0 spiro atoms. The van der Waals surface area contributed by atoms with Crippen molar-refractivity contribution >= 4 is 22.6 Å². The monoisotopic (exact) mass is 309 g/mol. The molecule has 3 heteroatoms. The fourth-order valence-corrected chi connectivity index (χ4v) is 0.773. The third-order valence-electron chi connectivity index (χ3n) is 1.53. The van der Waals surface area contributed by atoms with Crippen LogP contribution in [0.3, 0.4) is 0 Å². The first-order valence-corrected chi connectivity index (χ1v) is 6.89. The van der Waals surface area contributed by atoms with Gasteiger partial charge in [-0.3, -0.25) is 4.98 Å². The van der Waals surface area contributed by atoms with Crippen molar-refractivity contribution in [1.82, 2.24) is 4.98 Å². The van der Waals surface area contributed by atoms with Gasteiger partial charge in [-0.15, -0.1) is 0 Å². The van der Waals surface area contributed by atoms with Crippen molar-refractivity contribution in [1.29, 1.82) is 0 Å². The molecular formula is C11H20INO. The summed E-state index contributed by atoms with van der Waals surface area (Å²) in [4.78, 5) is 5.91. The van der Waals surface area contributed by atoms with Crippen molar-refractivity contribution in [3.8, 4) is 0 Å². The molecule has 2 nitrogen and oxygen atoms in total. The fraction of sp³-hybridized carbons (Fsp3) is 0.545. The van der Waals surface area contributed by atoms with E-state index in [4.69, 9.17) is 5.11 Å². The van der Waals surface area contributed by atoms with Crippen LogP contribution in [0.1, 0.15) is 32.3 Å². The van der Waals surface area contributed by atoms with Crippen molar-refractivity contribution in [2.24, 2.45) is 0 Å². The molecule has 0 radical (unpaired) electrons. The van der Waals surface area contributed by atoms with E-state index in [0.717, 1.165) is 5.56 Å². The van der Waals surface area contributed by atoms with Gasteiger partial charge in [0.05, 0.1) is 0 Å². The molecule has 14 heavy (non-hydrogen) atoms. The molecule has 0 saturated carbocycles. The lowest BCUT2D eigenvalue weighted by atomic mass is 10.1. The lowest BCUT2D eigenvalue weighted by Crippen LogP contribution is -1.98. The Morgan fingerprint density at radius 3 is 2.36 bits per heavy atom. The predicted molar refractivity (Wildman–Crippen MR) is 71.0 cm³/mol. The van der Waals surface area contributed by atoms with E-state index in [0.29, 0.717) is 0 Å². The number of alkyl halides is 1. The van der Waals surface area contributed by atoms with E-state index in [1.54, 1.807) is 12.4 Å². The average Bonchev–Trinajstić information content (AvgIpc) is 2.34. The number of aliphatic hydroxyl groups is 1. The minimum absolute atomic E-state index is 0.186. The van der Waals surface area contributed by atoms with Gasteiger partial charge in [-0.1, -0.05) is 49.4 Å². The van der Waals surface area contributed by atoms with Gasteiger partial charge in [-0.2, -0.15) is 0 Å². The molecule has 0 saturated heterocycles. The number of hydrogen-bond donors (Lipinski definition) is 1. The van der Waals surface area contributed by atoms with Gasteiger partial charge in [-0.05, 0) is 16.6 Å². The van der Waals surface area contributed by atoms with Gasteiger partial charge >= 0.3 is 0 Å². The molecule has 1 heterocycles. The van der Waals surface area contributed by atoms with Gasteiger partial charge < -0.3 is 5.11 Å². The molecule has 0 aliphatic rings. The van der Waals surface area contributed by atoms with Gasteiger partial charge in [0.25, 0.3) is 0 Å². The number of hydrogen-bond acceptors (Lipinski definition) is 2. The molecule has 1 N–H and O–H groups in total. The Morgan fingerprint density at radius 2 is 2.00 bits per heavy atom. The second-order valence-corrected chi connectivity index (χ2v) is 2.37. The Hall–Kier alpha value is -0.160. The molecule has 82 valence electrons. The molecule has 1 atom stereocenters. The first-order chi connectivity index (χ1) is 6.84. The molecule has 0 amide bonds. The number of aromatic nitrogens is 1. The average molecular weight is 309 g/mol. The van der Waals surface area contributed by atoms with E-state index < -0.39 is 0 Å². The molecule has 1 aromatic rings. The highest BCUT2D eigenvalue weighted by molar-refractivity contribution is 14.1. The zero-order valence-corrected chi connectivity index (χ0v) is 11.5. The third-order valence-corrected chi connectivity index (χ3v) is 1.53. The topological polar surface area (TPSA) is 33.1 Å². The van der Waals surface area contributed by atoms with E-state index >= 15 is 0 Å². The first kappa shape index (κ1) is 16.3. The quantitative estimate of drug-likeness (QED) is 0.672. The van der Waals surface area contributed by atoms with Crippen LogP contribution in [-0.2, 0) is 0 Å². The minimum atomic E-state index is 0.186. The van der Waals surface area contributed by atoms with Crippen LogP contribution < -0.4 is 0 Å². The zero-order valence-electron chi connectivity index (χ0n) is 9.37. The largest absolute Gasteiger partial charge is 0.396 e. The van der Waals surface area contributed by atoms with Crippen LogP contribution in [0.4, 0.5) is 0 Å². The lowest BCUT2D eigenvalue weighted by Gasteiger charge is -2.05. The van der Waals surface area contributed by atoms with Crippen molar-refractivity contribution < 1.29 is 5.11 Å². The van der Waals surface area contributed by atoms with Gasteiger partial charge in [0, 0.05) is 24.9 Å². The van der Waals surface area contributed by atoms with Crippen molar-refractivity contribution in [2.75, 3.05) is 11.5 Å². The lowest BCUT2D eigenvalue weighted by molar-refractivity contribution is 0.273. The molecule has 0 aliphatic carbocycles. The highest BCUT2D eigenvalue weighted by Crippen LogP contribution is 2.10. The maximum atomic E-state index is 8.76. The summed E-state index contributed by atoms with van der Waals surface area (Å²) in [5, 5.41) is 8.76. The highest BCUT2D eigenvalue weighted by Gasteiger charge is 2.00. The molecule has 0 aliphatic heterocycles. The molecule has 1 unspecified atom stereocenters. The molecule has 1 rings (SSSR count). The van der Waals surface area contributed by atoms with Gasteiger partial charge in [-0.25, -0.2) is 0 Å². The van der Waals surface area contributed by atoms with E-state index in [9.17, 15) is 0 Å². The SMILES string of the molecule is CC.CC(CO)c1cccnc1.CI.